The molecule has 0 atom stereocenters. The average molecular weight is 291 g/mol. The maximum absolute atomic E-state index is 4.97. The van der Waals surface area contributed by atoms with Gasteiger partial charge in [0.25, 0.3) is 0 Å². The summed E-state index contributed by atoms with van der Waals surface area (Å²) in [6.45, 7) is 0. The van der Waals surface area contributed by atoms with E-state index in [1.165, 1.54) is 38.5 Å². The lowest BCUT2D eigenvalue weighted by molar-refractivity contribution is -0.0595. The maximum atomic E-state index is 4.97. The highest BCUT2D eigenvalue weighted by atomic mass is 79.9. The molecule has 16 heavy (non-hydrogen) atoms. The molecule has 0 spiro atoms. The van der Waals surface area contributed by atoms with Gasteiger partial charge in [-0.3, -0.25) is 0 Å². The van der Waals surface area contributed by atoms with Crippen LogP contribution in [0.3, 0.4) is 0 Å². The third kappa shape index (κ3) is 10.5. The Morgan fingerprint density at radius 2 is 1.50 bits per heavy atom. The number of unbranched alkanes of at least 4 members (excludes halogenated alkanes) is 6. The fourth-order valence-corrected chi connectivity index (χ4v) is 1.78. The third-order valence-corrected chi connectivity index (χ3v) is 2.89. The molecule has 0 aliphatic heterocycles. The molecule has 2 nitrogen and oxygen atoms in total. The van der Waals surface area contributed by atoms with Crippen molar-refractivity contribution in [2.75, 3.05) is 19.5 Å². The highest BCUT2D eigenvalue weighted by Gasteiger charge is 1.96. The first-order valence-corrected chi connectivity index (χ1v) is 7.07. The Kier molecular flexibility index (Phi) is 13.0. The highest BCUT2D eigenvalue weighted by Crippen LogP contribution is 2.07. The van der Waals surface area contributed by atoms with Crippen molar-refractivity contribution < 1.29 is 9.47 Å². The summed E-state index contributed by atoms with van der Waals surface area (Å²) in [4.78, 5) is 0. The largest absolute Gasteiger partial charge is 0.345 e. The van der Waals surface area contributed by atoms with Crippen molar-refractivity contribution in [1.29, 1.82) is 0 Å². The molecule has 0 aromatic heterocycles. The highest BCUT2D eigenvalue weighted by molar-refractivity contribution is 9.09. The average Bonchev–Trinajstić information content (AvgIpc) is 2.32. The molecular weight excluding hydrogens is 268 g/mol. The van der Waals surface area contributed by atoms with Crippen LogP contribution in [0.5, 0.6) is 0 Å². The van der Waals surface area contributed by atoms with Crippen LogP contribution < -0.4 is 0 Å². The summed E-state index contributed by atoms with van der Waals surface area (Å²) < 4.78 is 9.94. The number of alkyl halides is 1. The Hall–Kier alpha value is -0.0400. The number of hydrogen-bond donors (Lipinski definition) is 0. The van der Waals surface area contributed by atoms with Gasteiger partial charge in [-0.05, 0) is 18.8 Å². The lowest BCUT2D eigenvalue weighted by Gasteiger charge is -2.03. The fraction of sp³-hybridized carbons (Fsp3) is 0.846. The van der Waals surface area contributed by atoms with Crippen molar-refractivity contribution in [3.8, 4) is 11.8 Å². The van der Waals surface area contributed by atoms with Gasteiger partial charge in [0.15, 0.2) is 0 Å². The van der Waals surface area contributed by atoms with Gasteiger partial charge in [-0.25, -0.2) is 0 Å². The summed E-state index contributed by atoms with van der Waals surface area (Å²) in [5, 5.41) is 1.13. The second-order valence-electron chi connectivity index (χ2n) is 3.68. The lowest BCUT2D eigenvalue weighted by Crippen LogP contribution is -2.09. The second-order valence-corrected chi connectivity index (χ2v) is 4.48. The Labute approximate surface area is 108 Å². The van der Waals surface area contributed by atoms with Crippen molar-refractivity contribution in [2.24, 2.45) is 0 Å². The fourth-order valence-electron chi connectivity index (χ4n) is 1.38. The summed E-state index contributed by atoms with van der Waals surface area (Å²) in [6.07, 6.45) is 8.35. The Morgan fingerprint density at radius 3 is 2.06 bits per heavy atom. The van der Waals surface area contributed by atoms with Gasteiger partial charge in [0.1, 0.15) is 0 Å². The zero-order valence-electron chi connectivity index (χ0n) is 10.4. The van der Waals surface area contributed by atoms with E-state index in [0.29, 0.717) is 0 Å². The van der Waals surface area contributed by atoms with E-state index < -0.39 is 0 Å². The minimum absolute atomic E-state index is 0.362. The van der Waals surface area contributed by atoms with Crippen LogP contribution in [0.25, 0.3) is 0 Å². The molecule has 3 heteroatoms. The minimum atomic E-state index is -0.362. The predicted molar refractivity (Wildman–Crippen MR) is 71.7 cm³/mol. The van der Waals surface area contributed by atoms with Crippen molar-refractivity contribution in [2.45, 2.75) is 51.2 Å². The summed E-state index contributed by atoms with van der Waals surface area (Å²) in [7, 11) is 3.21. The molecule has 0 saturated carbocycles. The summed E-state index contributed by atoms with van der Waals surface area (Å²) in [6, 6.07) is 0. The summed E-state index contributed by atoms with van der Waals surface area (Å²) in [5.41, 5.74) is 0. The molecule has 0 N–H and O–H groups in total. The molecule has 0 unspecified atom stereocenters. The number of methoxy groups -OCH3 is 2. The van der Waals surface area contributed by atoms with Crippen molar-refractivity contribution in [1.82, 2.24) is 0 Å². The molecule has 0 radical (unpaired) electrons. The molecule has 94 valence electrons. The van der Waals surface area contributed by atoms with E-state index in [0.717, 1.165) is 11.8 Å². The van der Waals surface area contributed by atoms with Gasteiger partial charge >= 0.3 is 0 Å². The van der Waals surface area contributed by atoms with E-state index in [-0.39, 0.29) is 6.29 Å². The molecule has 0 heterocycles. The smallest absolute Gasteiger partial charge is 0.221 e. The van der Waals surface area contributed by atoms with Gasteiger partial charge < -0.3 is 9.47 Å². The Balaban J connectivity index is 3.25. The Bertz CT molecular complexity index is 192. The van der Waals surface area contributed by atoms with Crippen LogP contribution in [-0.2, 0) is 9.47 Å². The van der Waals surface area contributed by atoms with Gasteiger partial charge in [0.05, 0.1) is 0 Å². The van der Waals surface area contributed by atoms with Crippen molar-refractivity contribution >= 4 is 15.9 Å². The zero-order chi connectivity index (χ0) is 12.1. The topological polar surface area (TPSA) is 18.5 Å². The van der Waals surface area contributed by atoms with E-state index >= 15 is 0 Å². The third-order valence-electron chi connectivity index (χ3n) is 2.33. The molecule has 0 aliphatic carbocycles. The Morgan fingerprint density at radius 1 is 0.938 bits per heavy atom. The van der Waals surface area contributed by atoms with Gasteiger partial charge in [-0.2, -0.15) is 0 Å². The molecule has 0 aliphatic rings. The SMILES string of the molecule is COC(C#CCCCCCCCCBr)OC. The van der Waals surface area contributed by atoms with E-state index in [1.54, 1.807) is 14.2 Å². The van der Waals surface area contributed by atoms with Crippen molar-refractivity contribution in [3.63, 3.8) is 0 Å². The molecule has 0 aromatic carbocycles. The second kappa shape index (κ2) is 13.0. The molecular formula is C13H23BrO2. The van der Waals surface area contributed by atoms with Crippen LogP contribution in [-0.4, -0.2) is 25.8 Å². The normalized spacial score (nSPS) is 10.2. The molecule has 0 amide bonds. The van der Waals surface area contributed by atoms with Crippen LogP contribution in [0.2, 0.25) is 0 Å². The van der Waals surface area contributed by atoms with Crippen LogP contribution in [0.15, 0.2) is 0 Å². The van der Waals surface area contributed by atoms with Crippen LogP contribution in [0.1, 0.15) is 44.9 Å². The van der Waals surface area contributed by atoms with Gasteiger partial charge in [-0.15, -0.1) is 0 Å². The van der Waals surface area contributed by atoms with E-state index in [4.69, 9.17) is 9.47 Å². The van der Waals surface area contributed by atoms with E-state index in [9.17, 15) is 0 Å². The monoisotopic (exact) mass is 290 g/mol. The van der Waals surface area contributed by atoms with Crippen LogP contribution in [0, 0.1) is 11.8 Å². The van der Waals surface area contributed by atoms with Crippen LogP contribution in [0.4, 0.5) is 0 Å². The molecule has 0 fully saturated rings. The summed E-state index contributed by atoms with van der Waals surface area (Å²) in [5.74, 6) is 6.01. The van der Waals surface area contributed by atoms with Gasteiger partial charge in [0, 0.05) is 26.0 Å². The van der Waals surface area contributed by atoms with Crippen LogP contribution >= 0.6 is 15.9 Å². The molecule has 0 aromatic rings. The molecule has 0 rings (SSSR count). The van der Waals surface area contributed by atoms with Crippen molar-refractivity contribution in [3.05, 3.63) is 0 Å². The standard InChI is InChI=1S/C13H23BrO2/c1-15-13(16-2)11-9-7-5-3-4-6-8-10-12-14/h13H,3-8,10,12H2,1-2H3. The summed E-state index contributed by atoms with van der Waals surface area (Å²) >= 11 is 3.44. The van der Waals surface area contributed by atoms with E-state index in [2.05, 4.69) is 27.8 Å². The van der Waals surface area contributed by atoms with E-state index in [1.807, 2.05) is 0 Å². The number of hydrogen-bond acceptors (Lipinski definition) is 2. The first-order chi connectivity index (χ1) is 7.85. The molecule has 0 bridgehead atoms. The number of rotatable bonds is 9. The van der Waals surface area contributed by atoms with Gasteiger partial charge in [-0.1, -0.05) is 47.5 Å². The number of ether oxygens (including phenoxy) is 2. The first kappa shape index (κ1) is 16.0. The molecule has 0 saturated heterocycles. The van der Waals surface area contributed by atoms with Gasteiger partial charge in [0.2, 0.25) is 6.29 Å². The minimum Gasteiger partial charge on any atom is -0.345 e. The number of halogens is 1. The lowest BCUT2D eigenvalue weighted by atomic mass is 10.1. The first-order valence-electron chi connectivity index (χ1n) is 5.95. The predicted octanol–water partition coefficient (Wildman–Crippen LogP) is 3.73. The quantitative estimate of drug-likeness (QED) is 0.279. The maximum Gasteiger partial charge on any atom is 0.221 e. The zero-order valence-corrected chi connectivity index (χ0v) is 12.0.